The maximum absolute atomic E-state index is 12.2. The molecule has 19 heavy (non-hydrogen) atoms. The highest BCUT2D eigenvalue weighted by atomic mass is 16.2. The first-order valence-corrected chi connectivity index (χ1v) is 7.00. The van der Waals surface area contributed by atoms with Gasteiger partial charge in [-0.2, -0.15) is 0 Å². The van der Waals surface area contributed by atoms with Gasteiger partial charge in [-0.25, -0.2) is 4.98 Å². The summed E-state index contributed by atoms with van der Waals surface area (Å²) in [5.74, 6) is 1.03. The van der Waals surface area contributed by atoms with Gasteiger partial charge in [0.15, 0.2) is 0 Å². The van der Waals surface area contributed by atoms with Crippen molar-refractivity contribution in [2.24, 2.45) is 5.73 Å². The Bertz CT molecular complexity index is 453. The van der Waals surface area contributed by atoms with Crippen molar-refractivity contribution in [3.8, 4) is 0 Å². The SMILES string of the molecule is N[C@@H]1CCN(C(=O)c2ccc(N3CCCC3)nc2)C1. The number of rotatable bonds is 2. The number of hydrogen-bond acceptors (Lipinski definition) is 4. The van der Waals surface area contributed by atoms with Crippen LogP contribution in [0.1, 0.15) is 29.6 Å². The predicted molar refractivity (Wildman–Crippen MR) is 74.2 cm³/mol. The Morgan fingerprint density at radius 1 is 1.26 bits per heavy atom. The number of aromatic nitrogens is 1. The molecule has 0 radical (unpaired) electrons. The molecule has 1 amide bonds. The van der Waals surface area contributed by atoms with Crippen molar-refractivity contribution in [3.63, 3.8) is 0 Å². The van der Waals surface area contributed by atoms with Crippen LogP contribution in [0.2, 0.25) is 0 Å². The van der Waals surface area contributed by atoms with E-state index in [0.717, 1.165) is 31.9 Å². The summed E-state index contributed by atoms with van der Waals surface area (Å²) < 4.78 is 0. The molecule has 3 heterocycles. The summed E-state index contributed by atoms with van der Waals surface area (Å²) in [5, 5.41) is 0. The minimum Gasteiger partial charge on any atom is -0.357 e. The van der Waals surface area contributed by atoms with Gasteiger partial charge in [0.1, 0.15) is 5.82 Å². The Balaban J connectivity index is 1.69. The fraction of sp³-hybridized carbons (Fsp3) is 0.571. The van der Waals surface area contributed by atoms with E-state index in [4.69, 9.17) is 5.73 Å². The summed E-state index contributed by atoms with van der Waals surface area (Å²) in [5.41, 5.74) is 6.50. The van der Waals surface area contributed by atoms with Crippen molar-refractivity contribution in [2.45, 2.75) is 25.3 Å². The van der Waals surface area contributed by atoms with Gasteiger partial charge in [0.05, 0.1) is 5.56 Å². The second-order valence-corrected chi connectivity index (χ2v) is 5.40. The van der Waals surface area contributed by atoms with Crippen molar-refractivity contribution in [3.05, 3.63) is 23.9 Å². The molecule has 102 valence electrons. The van der Waals surface area contributed by atoms with Gasteiger partial charge in [-0.1, -0.05) is 0 Å². The molecule has 0 unspecified atom stereocenters. The largest absolute Gasteiger partial charge is 0.357 e. The van der Waals surface area contributed by atoms with Crippen LogP contribution in [0.5, 0.6) is 0 Å². The minimum atomic E-state index is 0.0495. The number of likely N-dealkylation sites (tertiary alicyclic amines) is 1. The standard InChI is InChI=1S/C14H20N4O/c15-12-5-8-18(10-12)14(19)11-3-4-13(16-9-11)17-6-1-2-7-17/h3-4,9,12H,1-2,5-8,10,15H2/t12-/m1/s1. The Kier molecular flexibility index (Phi) is 3.38. The van der Waals surface area contributed by atoms with E-state index in [2.05, 4.69) is 9.88 Å². The molecule has 1 atom stereocenters. The molecule has 1 aromatic rings. The number of carbonyl (C=O) groups excluding carboxylic acids is 1. The first kappa shape index (κ1) is 12.4. The van der Waals surface area contributed by atoms with Crippen LogP contribution in [0, 0.1) is 0 Å². The molecule has 2 N–H and O–H groups in total. The van der Waals surface area contributed by atoms with Crippen LogP contribution in [0.4, 0.5) is 5.82 Å². The number of carbonyl (C=O) groups is 1. The molecule has 5 nitrogen and oxygen atoms in total. The van der Waals surface area contributed by atoms with Crippen LogP contribution in [0.3, 0.4) is 0 Å². The topological polar surface area (TPSA) is 62.5 Å². The molecule has 2 saturated heterocycles. The highest BCUT2D eigenvalue weighted by molar-refractivity contribution is 5.94. The van der Waals surface area contributed by atoms with E-state index in [1.54, 1.807) is 6.20 Å². The average molecular weight is 260 g/mol. The van der Waals surface area contributed by atoms with Crippen molar-refractivity contribution in [2.75, 3.05) is 31.1 Å². The van der Waals surface area contributed by atoms with E-state index in [9.17, 15) is 4.79 Å². The van der Waals surface area contributed by atoms with Crippen LogP contribution in [-0.4, -0.2) is 48.0 Å². The maximum atomic E-state index is 12.2. The van der Waals surface area contributed by atoms with Gasteiger partial charge in [0.25, 0.3) is 5.91 Å². The number of pyridine rings is 1. The quantitative estimate of drug-likeness (QED) is 0.856. The van der Waals surface area contributed by atoms with Gasteiger partial charge >= 0.3 is 0 Å². The zero-order chi connectivity index (χ0) is 13.2. The summed E-state index contributed by atoms with van der Waals surface area (Å²) in [6.45, 7) is 3.56. The highest BCUT2D eigenvalue weighted by Gasteiger charge is 2.24. The summed E-state index contributed by atoms with van der Waals surface area (Å²) in [6, 6.07) is 3.96. The second kappa shape index (κ2) is 5.17. The van der Waals surface area contributed by atoms with E-state index in [-0.39, 0.29) is 11.9 Å². The molecule has 2 fully saturated rings. The van der Waals surface area contributed by atoms with Gasteiger partial charge in [0, 0.05) is 38.4 Å². The van der Waals surface area contributed by atoms with E-state index in [0.29, 0.717) is 12.1 Å². The molecule has 0 aromatic carbocycles. The van der Waals surface area contributed by atoms with Gasteiger partial charge in [-0.05, 0) is 31.4 Å². The average Bonchev–Trinajstić information content (AvgIpc) is 3.09. The summed E-state index contributed by atoms with van der Waals surface area (Å²) in [7, 11) is 0. The molecule has 1 aromatic heterocycles. The van der Waals surface area contributed by atoms with Gasteiger partial charge < -0.3 is 15.5 Å². The third kappa shape index (κ3) is 2.56. The number of nitrogens with two attached hydrogens (primary N) is 1. The van der Waals surface area contributed by atoms with Crippen molar-refractivity contribution < 1.29 is 4.79 Å². The van der Waals surface area contributed by atoms with Crippen LogP contribution in [0.25, 0.3) is 0 Å². The first-order valence-electron chi connectivity index (χ1n) is 7.00. The van der Waals surface area contributed by atoms with Crippen molar-refractivity contribution in [1.82, 2.24) is 9.88 Å². The third-order valence-electron chi connectivity index (χ3n) is 3.94. The fourth-order valence-electron chi connectivity index (χ4n) is 2.80. The second-order valence-electron chi connectivity index (χ2n) is 5.40. The van der Waals surface area contributed by atoms with Crippen LogP contribution < -0.4 is 10.6 Å². The number of nitrogens with zero attached hydrogens (tertiary/aromatic N) is 3. The monoisotopic (exact) mass is 260 g/mol. The van der Waals surface area contributed by atoms with Crippen LogP contribution >= 0.6 is 0 Å². The third-order valence-corrected chi connectivity index (χ3v) is 3.94. The van der Waals surface area contributed by atoms with E-state index in [1.165, 1.54) is 12.8 Å². The normalized spacial score (nSPS) is 23.1. The maximum Gasteiger partial charge on any atom is 0.255 e. The van der Waals surface area contributed by atoms with Gasteiger partial charge in [0.2, 0.25) is 0 Å². The zero-order valence-electron chi connectivity index (χ0n) is 11.1. The summed E-state index contributed by atoms with van der Waals surface area (Å²) in [4.78, 5) is 20.7. The summed E-state index contributed by atoms with van der Waals surface area (Å²) >= 11 is 0. The Hall–Kier alpha value is -1.62. The molecule has 0 bridgehead atoms. The number of hydrogen-bond donors (Lipinski definition) is 1. The van der Waals surface area contributed by atoms with Crippen molar-refractivity contribution in [1.29, 1.82) is 0 Å². The zero-order valence-corrected chi connectivity index (χ0v) is 11.1. The lowest BCUT2D eigenvalue weighted by atomic mass is 10.2. The van der Waals surface area contributed by atoms with Crippen molar-refractivity contribution >= 4 is 11.7 Å². The number of amides is 1. The predicted octanol–water partition coefficient (Wildman–Crippen LogP) is 0.855. The molecule has 0 spiro atoms. The smallest absolute Gasteiger partial charge is 0.255 e. The minimum absolute atomic E-state index is 0.0495. The lowest BCUT2D eigenvalue weighted by Crippen LogP contribution is -2.32. The molecule has 0 aliphatic carbocycles. The van der Waals surface area contributed by atoms with Crippen LogP contribution in [-0.2, 0) is 0 Å². The van der Waals surface area contributed by atoms with E-state index >= 15 is 0 Å². The lowest BCUT2D eigenvalue weighted by molar-refractivity contribution is 0.0790. The lowest BCUT2D eigenvalue weighted by Gasteiger charge is -2.18. The molecule has 3 rings (SSSR count). The number of anilines is 1. The molecule has 2 aliphatic heterocycles. The highest BCUT2D eigenvalue weighted by Crippen LogP contribution is 2.19. The fourth-order valence-corrected chi connectivity index (χ4v) is 2.80. The van der Waals surface area contributed by atoms with Gasteiger partial charge in [-0.3, -0.25) is 4.79 Å². The van der Waals surface area contributed by atoms with E-state index in [1.807, 2.05) is 17.0 Å². The van der Waals surface area contributed by atoms with Gasteiger partial charge in [-0.15, -0.1) is 0 Å². The molecule has 0 saturated carbocycles. The van der Waals surface area contributed by atoms with E-state index < -0.39 is 0 Å². The molecule has 2 aliphatic rings. The molecular formula is C14H20N4O. The first-order chi connectivity index (χ1) is 9.24. The molecule has 5 heteroatoms. The molecular weight excluding hydrogens is 240 g/mol. The Morgan fingerprint density at radius 2 is 2.05 bits per heavy atom. The van der Waals surface area contributed by atoms with Crippen LogP contribution in [0.15, 0.2) is 18.3 Å². The Morgan fingerprint density at radius 3 is 2.63 bits per heavy atom. The summed E-state index contributed by atoms with van der Waals surface area (Å²) in [6.07, 6.45) is 5.05. The Labute approximate surface area is 113 Å².